The number of nitrogens with one attached hydrogen (secondary N) is 1. The number of halogens is 3. The van der Waals surface area contributed by atoms with Crippen molar-refractivity contribution >= 4 is 0 Å². The highest BCUT2D eigenvalue weighted by Crippen LogP contribution is 2.37. The Kier molecular flexibility index (Phi) is 4.42. The number of rotatable bonds is 3. The third-order valence-corrected chi connectivity index (χ3v) is 3.82. The van der Waals surface area contributed by atoms with Gasteiger partial charge in [0.05, 0.1) is 5.92 Å². The molecule has 2 unspecified atom stereocenters. The average Bonchev–Trinajstić information content (AvgIpc) is 2.40. The highest BCUT2D eigenvalue weighted by atomic mass is 19.4. The molecule has 2 rings (SSSR count). The maximum Gasteiger partial charge on any atom is 0.391 e. The largest absolute Gasteiger partial charge is 0.504 e. The molecule has 112 valence electrons. The smallest absolute Gasteiger partial charge is 0.391 e. The van der Waals surface area contributed by atoms with E-state index in [0.29, 0.717) is 18.4 Å². The standard InChI is InChI=1S/C14H18F3NO2/c15-14(16,17)10-4-2-5-11(7-10)18-8-9-3-1-6-12(19)13(9)20/h1,3,6,10-11,18-20H,2,4-5,7-8H2. The molecule has 2 atom stereocenters. The Bertz CT molecular complexity index is 462. The van der Waals surface area contributed by atoms with E-state index in [1.54, 1.807) is 12.1 Å². The van der Waals surface area contributed by atoms with E-state index in [1.165, 1.54) is 6.07 Å². The predicted octanol–water partition coefficient (Wildman–Crippen LogP) is 3.31. The van der Waals surface area contributed by atoms with Gasteiger partial charge in [0.1, 0.15) is 0 Å². The van der Waals surface area contributed by atoms with Crippen LogP contribution in [0.2, 0.25) is 0 Å². The van der Waals surface area contributed by atoms with E-state index >= 15 is 0 Å². The first-order valence-corrected chi connectivity index (χ1v) is 6.68. The molecule has 1 aliphatic carbocycles. The lowest BCUT2D eigenvalue weighted by atomic mass is 9.85. The summed E-state index contributed by atoms with van der Waals surface area (Å²) in [6.45, 7) is 0.246. The minimum Gasteiger partial charge on any atom is -0.504 e. The molecule has 0 amide bonds. The normalized spacial score (nSPS) is 23.8. The molecule has 0 spiro atoms. The van der Waals surface area contributed by atoms with E-state index in [1.807, 2.05) is 0 Å². The Labute approximate surface area is 115 Å². The van der Waals surface area contributed by atoms with Crippen molar-refractivity contribution in [2.75, 3.05) is 0 Å². The van der Waals surface area contributed by atoms with Crippen LogP contribution in [0.4, 0.5) is 13.2 Å². The Hall–Kier alpha value is -1.43. The van der Waals surface area contributed by atoms with Crippen LogP contribution in [0.5, 0.6) is 11.5 Å². The van der Waals surface area contributed by atoms with Gasteiger partial charge in [-0.2, -0.15) is 13.2 Å². The van der Waals surface area contributed by atoms with Crippen LogP contribution in [-0.2, 0) is 6.54 Å². The number of hydrogen-bond donors (Lipinski definition) is 3. The lowest BCUT2D eigenvalue weighted by Crippen LogP contribution is -2.38. The Morgan fingerprint density at radius 3 is 2.65 bits per heavy atom. The van der Waals surface area contributed by atoms with Gasteiger partial charge < -0.3 is 15.5 Å². The van der Waals surface area contributed by atoms with Gasteiger partial charge in [-0.05, 0) is 25.3 Å². The van der Waals surface area contributed by atoms with Gasteiger partial charge in [-0.15, -0.1) is 0 Å². The van der Waals surface area contributed by atoms with E-state index in [-0.39, 0.29) is 36.9 Å². The molecule has 0 aliphatic heterocycles. The summed E-state index contributed by atoms with van der Waals surface area (Å²) in [5.41, 5.74) is 0.485. The molecule has 0 heterocycles. The summed E-state index contributed by atoms with van der Waals surface area (Å²) in [7, 11) is 0. The maximum atomic E-state index is 12.7. The summed E-state index contributed by atoms with van der Waals surface area (Å²) in [6, 6.07) is 4.37. The van der Waals surface area contributed by atoms with Crippen LogP contribution >= 0.6 is 0 Å². The van der Waals surface area contributed by atoms with Crippen LogP contribution in [0.15, 0.2) is 18.2 Å². The molecule has 3 N–H and O–H groups in total. The Morgan fingerprint density at radius 1 is 1.20 bits per heavy atom. The van der Waals surface area contributed by atoms with Crippen molar-refractivity contribution in [1.29, 1.82) is 0 Å². The van der Waals surface area contributed by atoms with Crippen LogP contribution in [-0.4, -0.2) is 22.4 Å². The van der Waals surface area contributed by atoms with Gasteiger partial charge in [0.15, 0.2) is 11.5 Å². The molecule has 1 aliphatic rings. The lowest BCUT2D eigenvalue weighted by Gasteiger charge is -2.31. The molecule has 1 saturated carbocycles. The van der Waals surface area contributed by atoms with Crippen LogP contribution in [0.25, 0.3) is 0 Å². The summed E-state index contributed by atoms with van der Waals surface area (Å²) in [4.78, 5) is 0. The molecule has 1 aromatic rings. The zero-order chi connectivity index (χ0) is 14.8. The molecule has 1 fully saturated rings. The summed E-state index contributed by atoms with van der Waals surface area (Å²) in [5, 5.41) is 22.0. The molecule has 0 aromatic heterocycles. The van der Waals surface area contributed by atoms with E-state index in [0.717, 1.165) is 0 Å². The number of aromatic hydroxyl groups is 2. The van der Waals surface area contributed by atoms with Crippen molar-refractivity contribution in [3.05, 3.63) is 23.8 Å². The molecule has 0 saturated heterocycles. The van der Waals surface area contributed by atoms with Crippen molar-refractivity contribution in [2.24, 2.45) is 5.92 Å². The zero-order valence-electron chi connectivity index (χ0n) is 11.0. The second-order valence-electron chi connectivity index (χ2n) is 5.27. The van der Waals surface area contributed by atoms with Gasteiger partial charge >= 0.3 is 6.18 Å². The lowest BCUT2D eigenvalue weighted by molar-refractivity contribution is -0.183. The Balaban J connectivity index is 1.92. The SMILES string of the molecule is Oc1cccc(CNC2CCCC(C(F)(F)F)C2)c1O. The van der Waals surface area contributed by atoms with Crippen LogP contribution in [0, 0.1) is 5.92 Å². The molecule has 3 nitrogen and oxygen atoms in total. The van der Waals surface area contributed by atoms with Gasteiger partial charge in [-0.1, -0.05) is 18.6 Å². The molecule has 1 aromatic carbocycles. The van der Waals surface area contributed by atoms with Crippen molar-refractivity contribution in [2.45, 2.75) is 44.4 Å². The number of phenolic OH excluding ortho intramolecular Hbond substituents is 2. The maximum absolute atomic E-state index is 12.7. The average molecular weight is 289 g/mol. The molecular formula is C14H18F3NO2. The van der Waals surface area contributed by atoms with Gasteiger partial charge in [0, 0.05) is 18.2 Å². The fraction of sp³-hybridized carbons (Fsp3) is 0.571. The topological polar surface area (TPSA) is 52.5 Å². The number of hydrogen-bond acceptors (Lipinski definition) is 3. The first-order valence-electron chi connectivity index (χ1n) is 6.68. The molecule has 20 heavy (non-hydrogen) atoms. The Morgan fingerprint density at radius 2 is 1.95 bits per heavy atom. The summed E-state index contributed by atoms with van der Waals surface area (Å²) in [6.07, 6.45) is -2.62. The van der Waals surface area contributed by atoms with Crippen molar-refractivity contribution in [3.63, 3.8) is 0 Å². The fourth-order valence-electron chi connectivity index (χ4n) is 2.65. The van der Waals surface area contributed by atoms with Crippen LogP contribution in [0.3, 0.4) is 0 Å². The molecule has 6 heteroatoms. The van der Waals surface area contributed by atoms with Crippen molar-refractivity contribution in [3.8, 4) is 11.5 Å². The highest BCUT2D eigenvalue weighted by molar-refractivity contribution is 5.44. The minimum absolute atomic E-state index is 0.0725. The fourth-order valence-corrected chi connectivity index (χ4v) is 2.65. The van der Waals surface area contributed by atoms with Gasteiger partial charge in [0.25, 0.3) is 0 Å². The predicted molar refractivity (Wildman–Crippen MR) is 68.4 cm³/mol. The molecule has 0 radical (unpaired) electrons. The van der Waals surface area contributed by atoms with Gasteiger partial charge in [-0.25, -0.2) is 0 Å². The first-order chi connectivity index (χ1) is 9.38. The minimum atomic E-state index is -4.13. The summed E-state index contributed by atoms with van der Waals surface area (Å²) in [5.74, 6) is -1.68. The van der Waals surface area contributed by atoms with Crippen LogP contribution in [0.1, 0.15) is 31.2 Å². The number of para-hydroxylation sites is 1. The molecule has 0 bridgehead atoms. The molecular weight excluding hydrogens is 271 g/mol. The third-order valence-electron chi connectivity index (χ3n) is 3.82. The monoisotopic (exact) mass is 289 g/mol. The second-order valence-corrected chi connectivity index (χ2v) is 5.27. The number of alkyl halides is 3. The van der Waals surface area contributed by atoms with E-state index in [4.69, 9.17) is 0 Å². The quantitative estimate of drug-likeness (QED) is 0.748. The summed E-state index contributed by atoms with van der Waals surface area (Å²) < 4.78 is 38.1. The van der Waals surface area contributed by atoms with E-state index < -0.39 is 12.1 Å². The van der Waals surface area contributed by atoms with Gasteiger partial charge in [-0.3, -0.25) is 0 Å². The highest BCUT2D eigenvalue weighted by Gasteiger charge is 2.41. The van der Waals surface area contributed by atoms with Crippen LogP contribution < -0.4 is 5.32 Å². The van der Waals surface area contributed by atoms with Gasteiger partial charge in [0.2, 0.25) is 0 Å². The summed E-state index contributed by atoms with van der Waals surface area (Å²) >= 11 is 0. The van der Waals surface area contributed by atoms with Crippen molar-refractivity contribution in [1.82, 2.24) is 5.32 Å². The number of benzene rings is 1. The first kappa shape index (κ1) is 15.0. The zero-order valence-corrected chi connectivity index (χ0v) is 11.0. The second kappa shape index (κ2) is 5.91. The third kappa shape index (κ3) is 3.56. The van der Waals surface area contributed by atoms with E-state index in [9.17, 15) is 23.4 Å². The van der Waals surface area contributed by atoms with E-state index in [2.05, 4.69) is 5.32 Å². The van der Waals surface area contributed by atoms with Crippen molar-refractivity contribution < 1.29 is 23.4 Å². The number of phenols is 2.